The molecule has 1 aromatic heterocycles. The summed E-state index contributed by atoms with van der Waals surface area (Å²) >= 11 is 0. The quantitative estimate of drug-likeness (QED) is 0.531. The van der Waals surface area contributed by atoms with Crippen molar-refractivity contribution in [3.05, 3.63) is 24.0 Å². The minimum absolute atomic E-state index is 0.297. The van der Waals surface area contributed by atoms with Crippen molar-refractivity contribution in [2.45, 2.75) is 26.6 Å². The van der Waals surface area contributed by atoms with Crippen LogP contribution in [0.2, 0.25) is 0 Å². The van der Waals surface area contributed by atoms with Crippen molar-refractivity contribution in [1.29, 1.82) is 0 Å². The van der Waals surface area contributed by atoms with Crippen molar-refractivity contribution < 1.29 is 14.3 Å². The van der Waals surface area contributed by atoms with Gasteiger partial charge in [-0.05, 0) is 25.5 Å². The van der Waals surface area contributed by atoms with Crippen LogP contribution in [0, 0.1) is 0 Å². The van der Waals surface area contributed by atoms with Crippen LogP contribution in [-0.2, 0) is 4.74 Å². The SMILES string of the molecule is CCCOC(C)Oc1ccc(C=O)nc1. The molecule has 1 rings (SSSR count). The molecular weight excluding hydrogens is 194 g/mol. The normalized spacial score (nSPS) is 12.1. The van der Waals surface area contributed by atoms with Gasteiger partial charge in [0.1, 0.15) is 11.4 Å². The summed E-state index contributed by atoms with van der Waals surface area (Å²) in [7, 11) is 0. The number of nitrogens with zero attached hydrogens (tertiary/aromatic N) is 1. The Balaban J connectivity index is 2.45. The lowest BCUT2D eigenvalue weighted by atomic mass is 10.4. The first kappa shape index (κ1) is 11.7. The van der Waals surface area contributed by atoms with Crippen LogP contribution in [0.5, 0.6) is 5.75 Å². The monoisotopic (exact) mass is 209 g/mol. The molecule has 0 spiro atoms. The Kier molecular flexibility index (Phi) is 4.77. The smallest absolute Gasteiger partial charge is 0.197 e. The van der Waals surface area contributed by atoms with Gasteiger partial charge < -0.3 is 9.47 Å². The molecule has 82 valence electrons. The minimum Gasteiger partial charge on any atom is -0.464 e. The minimum atomic E-state index is -0.297. The number of aromatic nitrogens is 1. The third-order valence-electron chi connectivity index (χ3n) is 1.74. The van der Waals surface area contributed by atoms with Crippen molar-refractivity contribution in [1.82, 2.24) is 4.98 Å². The first-order chi connectivity index (χ1) is 7.26. The highest BCUT2D eigenvalue weighted by Crippen LogP contribution is 2.11. The van der Waals surface area contributed by atoms with E-state index in [2.05, 4.69) is 4.98 Å². The second kappa shape index (κ2) is 6.14. The number of rotatable bonds is 6. The average molecular weight is 209 g/mol. The van der Waals surface area contributed by atoms with Crippen LogP contribution in [0.4, 0.5) is 0 Å². The van der Waals surface area contributed by atoms with Gasteiger partial charge in [-0.2, -0.15) is 0 Å². The summed E-state index contributed by atoms with van der Waals surface area (Å²) in [6.07, 6.45) is 2.86. The molecule has 0 radical (unpaired) electrons. The Morgan fingerprint density at radius 2 is 2.33 bits per heavy atom. The van der Waals surface area contributed by atoms with E-state index in [9.17, 15) is 4.79 Å². The molecule has 1 unspecified atom stereocenters. The fourth-order valence-corrected chi connectivity index (χ4v) is 1.04. The molecule has 0 N–H and O–H groups in total. The van der Waals surface area contributed by atoms with Gasteiger partial charge in [-0.1, -0.05) is 6.92 Å². The largest absolute Gasteiger partial charge is 0.464 e. The predicted octanol–water partition coefficient (Wildman–Crippen LogP) is 2.05. The van der Waals surface area contributed by atoms with Crippen molar-refractivity contribution in [2.75, 3.05) is 6.61 Å². The van der Waals surface area contributed by atoms with E-state index in [0.29, 0.717) is 24.3 Å². The van der Waals surface area contributed by atoms with Gasteiger partial charge in [0.25, 0.3) is 0 Å². The molecule has 0 aromatic carbocycles. The van der Waals surface area contributed by atoms with Gasteiger partial charge >= 0.3 is 0 Å². The third kappa shape index (κ3) is 4.08. The number of pyridine rings is 1. The molecule has 4 heteroatoms. The van der Waals surface area contributed by atoms with E-state index >= 15 is 0 Å². The van der Waals surface area contributed by atoms with Gasteiger partial charge in [0, 0.05) is 0 Å². The molecule has 1 heterocycles. The van der Waals surface area contributed by atoms with Gasteiger partial charge in [0.15, 0.2) is 12.6 Å². The summed E-state index contributed by atoms with van der Waals surface area (Å²) in [6, 6.07) is 3.30. The molecule has 0 bridgehead atoms. The lowest BCUT2D eigenvalue weighted by Crippen LogP contribution is -2.16. The summed E-state index contributed by atoms with van der Waals surface area (Å²) in [4.78, 5) is 14.2. The Labute approximate surface area is 89.2 Å². The van der Waals surface area contributed by atoms with E-state index in [1.54, 1.807) is 12.1 Å². The van der Waals surface area contributed by atoms with Crippen molar-refractivity contribution in [3.63, 3.8) is 0 Å². The van der Waals surface area contributed by atoms with E-state index in [1.165, 1.54) is 6.20 Å². The Morgan fingerprint density at radius 1 is 1.53 bits per heavy atom. The standard InChI is InChI=1S/C11H15NO3/c1-3-6-14-9(2)15-11-5-4-10(8-13)12-7-11/h4-5,7-9H,3,6H2,1-2H3. The Morgan fingerprint density at radius 3 is 2.87 bits per heavy atom. The van der Waals surface area contributed by atoms with E-state index in [1.807, 2.05) is 13.8 Å². The Bertz CT molecular complexity index is 297. The molecule has 1 atom stereocenters. The van der Waals surface area contributed by atoms with E-state index in [0.717, 1.165) is 6.42 Å². The molecular formula is C11H15NO3. The summed E-state index contributed by atoms with van der Waals surface area (Å²) in [5.41, 5.74) is 0.393. The second-order valence-corrected chi connectivity index (χ2v) is 3.09. The number of hydrogen-bond donors (Lipinski definition) is 0. The van der Waals surface area contributed by atoms with Crippen molar-refractivity contribution >= 4 is 6.29 Å². The Hall–Kier alpha value is -1.42. The van der Waals surface area contributed by atoms with Crippen LogP contribution >= 0.6 is 0 Å². The van der Waals surface area contributed by atoms with Crippen LogP contribution in [0.25, 0.3) is 0 Å². The lowest BCUT2D eigenvalue weighted by Gasteiger charge is -2.14. The van der Waals surface area contributed by atoms with Gasteiger partial charge in [0.2, 0.25) is 0 Å². The van der Waals surface area contributed by atoms with Crippen LogP contribution in [-0.4, -0.2) is 24.2 Å². The molecule has 0 aliphatic rings. The molecule has 0 aliphatic carbocycles. The second-order valence-electron chi connectivity index (χ2n) is 3.09. The van der Waals surface area contributed by atoms with Gasteiger partial charge in [0.05, 0.1) is 12.8 Å². The molecule has 4 nitrogen and oxygen atoms in total. The molecule has 0 saturated carbocycles. The van der Waals surface area contributed by atoms with Crippen molar-refractivity contribution in [2.24, 2.45) is 0 Å². The van der Waals surface area contributed by atoms with Crippen LogP contribution in [0.3, 0.4) is 0 Å². The maximum Gasteiger partial charge on any atom is 0.197 e. The first-order valence-corrected chi connectivity index (χ1v) is 4.95. The lowest BCUT2D eigenvalue weighted by molar-refractivity contribution is -0.0664. The highest BCUT2D eigenvalue weighted by Gasteiger charge is 2.03. The van der Waals surface area contributed by atoms with E-state index in [-0.39, 0.29) is 6.29 Å². The van der Waals surface area contributed by atoms with Gasteiger partial charge in [-0.3, -0.25) is 4.79 Å². The fraction of sp³-hybridized carbons (Fsp3) is 0.455. The maximum absolute atomic E-state index is 10.4. The zero-order chi connectivity index (χ0) is 11.1. The highest BCUT2D eigenvalue weighted by molar-refractivity contribution is 5.71. The number of ether oxygens (including phenoxy) is 2. The molecule has 15 heavy (non-hydrogen) atoms. The van der Waals surface area contributed by atoms with Crippen molar-refractivity contribution in [3.8, 4) is 5.75 Å². The number of carbonyl (C=O) groups is 1. The predicted molar refractivity (Wildman–Crippen MR) is 56.0 cm³/mol. The molecule has 1 aromatic rings. The molecule has 0 saturated heterocycles. The van der Waals surface area contributed by atoms with E-state index < -0.39 is 0 Å². The molecule has 0 amide bonds. The third-order valence-corrected chi connectivity index (χ3v) is 1.74. The molecule has 0 aliphatic heterocycles. The van der Waals surface area contributed by atoms with Crippen LogP contribution in [0.15, 0.2) is 18.3 Å². The summed E-state index contributed by atoms with van der Waals surface area (Å²) in [5, 5.41) is 0. The summed E-state index contributed by atoms with van der Waals surface area (Å²) in [6.45, 7) is 4.53. The van der Waals surface area contributed by atoms with Gasteiger partial charge in [-0.15, -0.1) is 0 Å². The number of carbonyl (C=O) groups excluding carboxylic acids is 1. The summed E-state index contributed by atoms with van der Waals surface area (Å²) < 4.78 is 10.7. The zero-order valence-corrected chi connectivity index (χ0v) is 8.97. The first-order valence-electron chi connectivity index (χ1n) is 4.95. The molecule has 0 fully saturated rings. The number of aldehydes is 1. The average Bonchev–Trinajstić information content (AvgIpc) is 2.27. The topological polar surface area (TPSA) is 48.4 Å². The van der Waals surface area contributed by atoms with Crippen LogP contribution in [0.1, 0.15) is 30.8 Å². The zero-order valence-electron chi connectivity index (χ0n) is 8.97. The maximum atomic E-state index is 10.4. The van der Waals surface area contributed by atoms with E-state index in [4.69, 9.17) is 9.47 Å². The van der Waals surface area contributed by atoms with Gasteiger partial charge in [-0.25, -0.2) is 4.98 Å². The van der Waals surface area contributed by atoms with Crippen LogP contribution < -0.4 is 4.74 Å². The summed E-state index contributed by atoms with van der Waals surface area (Å²) in [5.74, 6) is 0.601. The highest BCUT2D eigenvalue weighted by atomic mass is 16.7. The fourth-order valence-electron chi connectivity index (χ4n) is 1.04. The number of hydrogen-bond acceptors (Lipinski definition) is 4.